The number of rotatable bonds is 5. The lowest BCUT2D eigenvalue weighted by atomic mass is 10.0. The average Bonchev–Trinajstić information content (AvgIpc) is 2.61. The highest BCUT2D eigenvalue weighted by Gasteiger charge is 2.18. The van der Waals surface area contributed by atoms with Gasteiger partial charge in [0, 0.05) is 38.4 Å². The topological polar surface area (TPSA) is 26.7 Å². The largest absolute Gasteiger partial charge is 0.388 e. The van der Waals surface area contributed by atoms with Gasteiger partial charge < -0.3 is 10.0 Å². The number of anilines is 1. The molecule has 0 amide bonds. The summed E-state index contributed by atoms with van der Waals surface area (Å²) in [5, 5.41) is 10.4. The third kappa shape index (κ3) is 4.37. The first kappa shape index (κ1) is 17.0. The maximum absolute atomic E-state index is 10.4. The molecule has 0 saturated carbocycles. The van der Waals surface area contributed by atoms with Crippen molar-refractivity contribution in [1.82, 2.24) is 4.90 Å². The molecule has 1 N–H and O–H groups in total. The van der Waals surface area contributed by atoms with E-state index in [4.69, 9.17) is 0 Å². The minimum atomic E-state index is -0.361. The molecule has 1 aliphatic heterocycles. The number of hydrogen-bond acceptors (Lipinski definition) is 3. The van der Waals surface area contributed by atoms with Crippen LogP contribution in [0.4, 0.5) is 5.69 Å². The lowest BCUT2D eigenvalue weighted by Crippen LogP contribution is -2.46. The van der Waals surface area contributed by atoms with Crippen LogP contribution in [0.3, 0.4) is 0 Å². The summed E-state index contributed by atoms with van der Waals surface area (Å²) in [5.41, 5.74) is 4.91. The highest BCUT2D eigenvalue weighted by Crippen LogP contribution is 2.20. The zero-order valence-electron chi connectivity index (χ0n) is 14.8. The van der Waals surface area contributed by atoms with Crippen molar-refractivity contribution in [2.45, 2.75) is 26.4 Å². The van der Waals surface area contributed by atoms with Gasteiger partial charge in [-0.2, -0.15) is 0 Å². The molecule has 2 aromatic carbocycles. The highest BCUT2D eigenvalue weighted by molar-refractivity contribution is 5.48. The summed E-state index contributed by atoms with van der Waals surface area (Å²) in [7, 11) is 0. The van der Waals surface area contributed by atoms with Crippen molar-refractivity contribution in [3.63, 3.8) is 0 Å². The minimum Gasteiger partial charge on any atom is -0.388 e. The van der Waals surface area contributed by atoms with E-state index < -0.39 is 0 Å². The first-order valence-electron chi connectivity index (χ1n) is 8.90. The fourth-order valence-corrected chi connectivity index (χ4v) is 3.31. The Labute approximate surface area is 145 Å². The second-order valence-electron chi connectivity index (χ2n) is 6.88. The van der Waals surface area contributed by atoms with E-state index in [0.717, 1.165) is 44.7 Å². The van der Waals surface area contributed by atoms with E-state index in [-0.39, 0.29) is 6.10 Å². The summed E-state index contributed by atoms with van der Waals surface area (Å²) < 4.78 is 0. The second kappa shape index (κ2) is 7.82. The van der Waals surface area contributed by atoms with E-state index in [1.165, 1.54) is 16.8 Å². The van der Waals surface area contributed by atoms with Crippen LogP contribution in [0.5, 0.6) is 0 Å². The van der Waals surface area contributed by atoms with Crippen LogP contribution in [0, 0.1) is 13.8 Å². The van der Waals surface area contributed by atoms with E-state index in [0.29, 0.717) is 0 Å². The monoisotopic (exact) mass is 324 g/mol. The molecule has 0 aromatic heterocycles. The summed E-state index contributed by atoms with van der Waals surface area (Å²) in [6.45, 7) is 9.42. The Morgan fingerprint density at radius 3 is 2.29 bits per heavy atom. The number of benzene rings is 2. The molecule has 3 heteroatoms. The molecule has 3 rings (SSSR count). The van der Waals surface area contributed by atoms with Gasteiger partial charge >= 0.3 is 0 Å². The predicted octanol–water partition coefficient (Wildman–Crippen LogP) is 3.55. The molecule has 1 saturated heterocycles. The van der Waals surface area contributed by atoms with Gasteiger partial charge in [-0.05, 0) is 43.5 Å². The Morgan fingerprint density at radius 1 is 0.917 bits per heavy atom. The van der Waals surface area contributed by atoms with Gasteiger partial charge in [0.1, 0.15) is 0 Å². The summed E-state index contributed by atoms with van der Waals surface area (Å²) in [4.78, 5) is 4.92. The Hall–Kier alpha value is -1.84. The van der Waals surface area contributed by atoms with Crippen LogP contribution in [-0.4, -0.2) is 42.7 Å². The van der Waals surface area contributed by atoms with Crippen molar-refractivity contribution in [2.24, 2.45) is 0 Å². The van der Waals surface area contributed by atoms with E-state index in [9.17, 15) is 5.11 Å². The Bertz CT molecular complexity index is 645. The number of aliphatic hydroxyl groups excluding tert-OH is 1. The minimum absolute atomic E-state index is 0.361. The molecule has 2 aromatic rings. The quantitative estimate of drug-likeness (QED) is 0.911. The Balaban J connectivity index is 1.46. The van der Waals surface area contributed by atoms with E-state index in [2.05, 4.69) is 60.0 Å². The number of hydrogen-bond donors (Lipinski definition) is 1. The zero-order valence-corrected chi connectivity index (χ0v) is 14.8. The van der Waals surface area contributed by atoms with Gasteiger partial charge in [0.15, 0.2) is 0 Å². The van der Waals surface area contributed by atoms with Gasteiger partial charge in [0.05, 0.1) is 6.10 Å². The molecule has 1 atom stereocenters. The SMILES string of the molecule is Cc1ccc(C(O)CCN2CCN(c3cccc(C)c3)CC2)cc1. The van der Waals surface area contributed by atoms with Crippen molar-refractivity contribution in [3.8, 4) is 0 Å². The van der Waals surface area contributed by atoms with E-state index >= 15 is 0 Å². The standard InChI is InChI=1S/C21H28N2O/c1-17-6-8-19(9-7-17)21(24)10-11-22-12-14-23(15-13-22)20-5-3-4-18(2)16-20/h3-9,16,21,24H,10-15H2,1-2H3. The van der Waals surface area contributed by atoms with Crippen LogP contribution in [0.15, 0.2) is 48.5 Å². The predicted molar refractivity (Wildman–Crippen MR) is 101 cm³/mol. The van der Waals surface area contributed by atoms with Gasteiger partial charge in [-0.25, -0.2) is 0 Å². The van der Waals surface area contributed by atoms with Gasteiger partial charge in [0.2, 0.25) is 0 Å². The molecule has 0 bridgehead atoms. The highest BCUT2D eigenvalue weighted by atomic mass is 16.3. The molecule has 24 heavy (non-hydrogen) atoms. The van der Waals surface area contributed by atoms with Crippen molar-refractivity contribution < 1.29 is 5.11 Å². The molecule has 128 valence electrons. The third-order valence-electron chi connectivity index (χ3n) is 4.92. The van der Waals surface area contributed by atoms with Gasteiger partial charge in [-0.15, -0.1) is 0 Å². The second-order valence-corrected chi connectivity index (χ2v) is 6.88. The van der Waals surface area contributed by atoms with Gasteiger partial charge in [0.25, 0.3) is 0 Å². The summed E-state index contributed by atoms with van der Waals surface area (Å²) >= 11 is 0. The molecule has 1 unspecified atom stereocenters. The van der Waals surface area contributed by atoms with Crippen molar-refractivity contribution in [1.29, 1.82) is 0 Å². The summed E-state index contributed by atoms with van der Waals surface area (Å²) in [6.07, 6.45) is 0.438. The Morgan fingerprint density at radius 2 is 1.62 bits per heavy atom. The van der Waals surface area contributed by atoms with Crippen molar-refractivity contribution in [3.05, 3.63) is 65.2 Å². The first-order chi connectivity index (χ1) is 11.6. The lowest BCUT2D eigenvalue weighted by Gasteiger charge is -2.36. The van der Waals surface area contributed by atoms with E-state index in [1.807, 2.05) is 12.1 Å². The molecule has 1 fully saturated rings. The normalized spacial score (nSPS) is 17.0. The van der Waals surface area contributed by atoms with Crippen LogP contribution in [0.1, 0.15) is 29.2 Å². The number of piperazine rings is 1. The molecule has 0 radical (unpaired) electrons. The van der Waals surface area contributed by atoms with Crippen LogP contribution in [-0.2, 0) is 0 Å². The van der Waals surface area contributed by atoms with Crippen LogP contribution in [0.25, 0.3) is 0 Å². The number of aliphatic hydroxyl groups is 1. The fraction of sp³-hybridized carbons (Fsp3) is 0.429. The summed E-state index contributed by atoms with van der Waals surface area (Å²) in [5.74, 6) is 0. The molecule has 0 aliphatic carbocycles. The lowest BCUT2D eigenvalue weighted by molar-refractivity contribution is 0.139. The van der Waals surface area contributed by atoms with E-state index in [1.54, 1.807) is 0 Å². The van der Waals surface area contributed by atoms with Gasteiger partial charge in [-0.1, -0.05) is 42.0 Å². The third-order valence-corrected chi connectivity index (χ3v) is 4.92. The van der Waals surface area contributed by atoms with Crippen molar-refractivity contribution in [2.75, 3.05) is 37.6 Å². The van der Waals surface area contributed by atoms with Crippen LogP contribution in [0.2, 0.25) is 0 Å². The molecular weight excluding hydrogens is 296 g/mol. The maximum Gasteiger partial charge on any atom is 0.0802 e. The first-order valence-corrected chi connectivity index (χ1v) is 8.90. The van der Waals surface area contributed by atoms with Gasteiger partial charge in [-0.3, -0.25) is 4.90 Å². The molecule has 3 nitrogen and oxygen atoms in total. The smallest absolute Gasteiger partial charge is 0.0802 e. The molecule has 0 spiro atoms. The zero-order chi connectivity index (χ0) is 16.9. The van der Waals surface area contributed by atoms with Crippen molar-refractivity contribution >= 4 is 5.69 Å². The molecule has 1 heterocycles. The van der Waals surface area contributed by atoms with Crippen LogP contribution >= 0.6 is 0 Å². The molecule has 1 aliphatic rings. The molecular formula is C21H28N2O. The number of aryl methyl sites for hydroxylation is 2. The maximum atomic E-state index is 10.4. The number of nitrogens with zero attached hydrogens (tertiary/aromatic N) is 2. The Kier molecular flexibility index (Phi) is 5.54. The summed E-state index contributed by atoms with van der Waals surface area (Å²) in [6, 6.07) is 16.9. The van der Waals surface area contributed by atoms with Crippen LogP contribution < -0.4 is 4.90 Å². The fourth-order valence-electron chi connectivity index (χ4n) is 3.31. The average molecular weight is 324 g/mol.